The summed E-state index contributed by atoms with van der Waals surface area (Å²) in [5.74, 6) is 1.16. The van der Waals surface area contributed by atoms with Crippen LogP contribution >= 0.6 is 0 Å². The zero-order valence-corrected chi connectivity index (χ0v) is 15.7. The summed E-state index contributed by atoms with van der Waals surface area (Å²) in [5, 5.41) is 6.25. The third-order valence-corrected chi connectivity index (χ3v) is 4.67. The molecule has 3 aromatic heterocycles. The Labute approximate surface area is 157 Å². The highest BCUT2D eigenvalue weighted by atomic mass is 16.1. The number of amides is 1. The highest BCUT2D eigenvalue weighted by molar-refractivity contribution is 6.03. The zero-order valence-electron chi connectivity index (χ0n) is 15.7. The molecular weight excluding hydrogens is 342 g/mol. The van der Waals surface area contributed by atoms with Crippen molar-refractivity contribution in [3.8, 4) is 0 Å². The van der Waals surface area contributed by atoms with Gasteiger partial charge in [0.25, 0.3) is 5.91 Å². The first-order valence-electron chi connectivity index (χ1n) is 9.08. The number of rotatable bonds is 3. The molecule has 1 atom stereocenters. The fraction of sp³-hybridized carbons (Fsp3) is 0.368. The molecule has 0 bridgehead atoms. The lowest BCUT2D eigenvalue weighted by atomic mass is 10.2. The third kappa shape index (κ3) is 3.61. The van der Waals surface area contributed by atoms with Gasteiger partial charge in [0, 0.05) is 38.1 Å². The van der Waals surface area contributed by atoms with E-state index in [1.165, 1.54) is 0 Å². The number of aromatic nitrogens is 4. The van der Waals surface area contributed by atoms with E-state index >= 15 is 0 Å². The molecule has 1 fully saturated rings. The van der Waals surface area contributed by atoms with E-state index in [0.29, 0.717) is 17.4 Å². The van der Waals surface area contributed by atoms with Gasteiger partial charge in [-0.2, -0.15) is 0 Å². The Kier molecular flexibility index (Phi) is 4.49. The number of hydrogen-bond donors (Lipinski definition) is 2. The van der Waals surface area contributed by atoms with Crippen molar-refractivity contribution in [1.29, 1.82) is 0 Å². The molecule has 4 heterocycles. The Morgan fingerprint density at radius 1 is 1.26 bits per heavy atom. The quantitative estimate of drug-likeness (QED) is 0.736. The van der Waals surface area contributed by atoms with Gasteiger partial charge in [0.05, 0.1) is 23.1 Å². The molecule has 0 saturated carbocycles. The number of carbonyl (C=O) groups is 1. The molecule has 1 aliphatic heterocycles. The van der Waals surface area contributed by atoms with Crippen molar-refractivity contribution < 1.29 is 4.79 Å². The normalized spacial score (nSPS) is 17.3. The second kappa shape index (κ2) is 6.96. The summed E-state index contributed by atoms with van der Waals surface area (Å²) in [6.07, 6.45) is 5.29. The number of hydrogen-bond acceptors (Lipinski definition) is 6. The molecule has 27 heavy (non-hydrogen) atoms. The van der Waals surface area contributed by atoms with Gasteiger partial charge in [-0.25, -0.2) is 9.97 Å². The minimum Gasteiger partial charge on any atom is -0.354 e. The van der Waals surface area contributed by atoms with E-state index in [-0.39, 0.29) is 5.91 Å². The molecule has 1 unspecified atom stereocenters. The molecule has 8 nitrogen and oxygen atoms in total. The average Bonchev–Trinajstić information content (AvgIpc) is 3.04. The first kappa shape index (κ1) is 17.4. The predicted octanol–water partition coefficient (Wildman–Crippen LogP) is 1.79. The highest BCUT2D eigenvalue weighted by Crippen LogP contribution is 2.16. The van der Waals surface area contributed by atoms with Crippen LogP contribution in [0, 0.1) is 13.8 Å². The minimum atomic E-state index is -0.228. The van der Waals surface area contributed by atoms with Gasteiger partial charge in [-0.15, -0.1) is 0 Å². The van der Waals surface area contributed by atoms with Crippen LogP contribution in [0.4, 0.5) is 11.6 Å². The first-order valence-corrected chi connectivity index (χ1v) is 9.08. The molecule has 2 N–H and O–H groups in total. The molecule has 0 aliphatic carbocycles. The van der Waals surface area contributed by atoms with E-state index in [1.807, 2.05) is 30.5 Å². The molecule has 0 spiro atoms. The van der Waals surface area contributed by atoms with Gasteiger partial charge < -0.3 is 19.9 Å². The SMILES string of the molecule is Cc1cn2cc(NC(=O)c3ccc(N4CCNC(C)C4)nc3)nc2c(C)n1. The molecule has 1 saturated heterocycles. The summed E-state index contributed by atoms with van der Waals surface area (Å²) in [7, 11) is 0. The van der Waals surface area contributed by atoms with E-state index in [2.05, 4.69) is 37.4 Å². The Hall–Kier alpha value is -3.00. The number of fused-ring (bicyclic) bond motifs is 1. The lowest BCUT2D eigenvalue weighted by molar-refractivity contribution is 0.102. The van der Waals surface area contributed by atoms with Crippen LogP contribution in [0.1, 0.15) is 28.7 Å². The molecule has 3 aromatic rings. The van der Waals surface area contributed by atoms with E-state index < -0.39 is 0 Å². The van der Waals surface area contributed by atoms with Crippen molar-refractivity contribution in [2.45, 2.75) is 26.8 Å². The monoisotopic (exact) mass is 365 g/mol. The van der Waals surface area contributed by atoms with Gasteiger partial charge in [-0.1, -0.05) is 0 Å². The van der Waals surface area contributed by atoms with Crippen LogP contribution in [0.3, 0.4) is 0 Å². The van der Waals surface area contributed by atoms with Gasteiger partial charge >= 0.3 is 0 Å². The lowest BCUT2D eigenvalue weighted by Crippen LogP contribution is -2.49. The van der Waals surface area contributed by atoms with Crippen LogP contribution in [0.15, 0.2) is 30.7 Å². The predicted molar refractivity (Wildman–Crippen MR) is 104 cm³/mol. The standard InChI is InChI=1S/C19H23N7O/c1-12-9-25(7-6-20-12)17-5-4-15(8-21-17)19(27)24-16-11-26-10-13(2)22-14(3)18(26)23-16/h4-5,8,10-12,20H,6-7,9H2,1-3H3,(H,24,27). The topological polar surface area (TPSA) is 87.5 Å². The Morgan fingerprint density at radius 2 is 2.11 bits per heavy atom. The number of nitrogens with one attached hydrogen (secondary N) is 2. The minimum absolute atomic E-state index is 0.228. The van der Waals surface area contributed by atoms with Crippen molar-refractivity contribution in [2.24, 2.45) is 0 Å². The van der Waals surface area contributed by atoms with Crippen molar-refractivity contribution in [2.75, 3.05) is 29.9 Å². The third-order valence-electron chi connectivity index (χ3n) is 4.67. The fourth-order valence-electron chi connectivity index (χ4n) is 3.40. The summed E-state index contributed by atoms with van der Waals surface area (Å²) in [5.41, 5.74) is 2.96. The number of piperazine rings is 1. The maximum atomic E-state index is 12.5. The van der Waals surface area contributed by atoms with Crippen LogP contribution < -0.4 is 15.5 Å². The number of imidazole rings is 1. The van der Waals surface area contributed by atoms with Crippen molar-refractivity contribution in [1.82, 2.24) is 24.7 Å². The van der Waals surface area contributed by atoms with E-state index in [0.717, 1.165) is 42.5 Å². The zero-order chi connectivity index (χ0) is 19.0. The van der Waals surface area contributed by atoms with E-state index in [9.17, 15) is 4.79 Å². The van der Waals surface area contributed by atoms with Crippen molar-refractivity contribution >= 4 is 23.2 Å². The lowest BCUT2D eigenvalue weighted by Gasteiger charge is -2.32. The molecule has 0 aromatic carbocycles. The van der Waals surface area contributed by atoms with Crippen LogP contribution in [0.5, 0.6) is 0 Å². The summed E-state index contributed by atoms with van der Waals surface area (Å²) in [4.78, 5) is 28.1. The molecule has 1 amide bonds. The van der Waals surface area contributed by atoms with Gasteiger partial charge in [0.2, 0.25) is 0 Å². The maximum absolute atomic E-state index is 12.5. The molecule has 0 radical (unpaired) electrons. The second-order valence-corrected chi connectivity index (χ2v) is 6.99. The highest BCUT2D eigenvalue weighted by Gasteiger charge is 2.17. The number of carbonyl (C=O) groups excluding carboxylic acids is 1. The van der Waals surface area contributed by atoms with Gasteiger partial charge in [-0.3, -0.25) is 9.78 Å². The van der Waals surface area contributed by atoms with Gasteiger partial charge in [-0.05, 0) is 32.9 Å². The van der Waals surface area contributed by atoms with Gasteiger partial charge in [0.1, 0.15) is 5.82 Å². The largest absolute Gasteiger partial charge is 0.354 e. The van der Waals surface area contributed by atoms with Crippen LogP contribution in [-0.4, -0.2) is 50.9 Å². The summed E-state index contributed by atoms with van der Waals surface area (Å²) < 4.78 is 1.88. The Bertz CT molecular complexity index is 980. The van der Waals surface area contributed by atoms with Gasteiger partial charge in [0.15, 0.2) is 11.5 Å². The van der Waals surface area contributed by atoms with E-state index in [1.54, 1.807) is 18.5 Å². The number of anilines is 2. The molecule has 1 aliphatic rings. The molecule has 8 heteroatoms. The molecular formula is C19H23N7O. The maximum Gasteiger partial charge on any atom is 0.258 e. The number of aryl methyl sites for hydroxylation is 2. The van der Waals surface area contributed by atoms with Crippen molar-refractivity contribution in [3.63, 3.8) is 0 Å². The van der Waals surface area contributed by atoms with Crippen LogP contribution in [0.25, 0.3) is 5.65 Å². The number of nitrogens with zero attached hydrogens (tertiary/aromatic N) is 5. The smallest absolute Gasteiger partial charge is 0.258 e. The fourth-order valence-corrected chi connectivity index (χ4v) is 3.40. The molecule has 140 valence electrons. The van der Waals surface area contributed by atoms with Crippen molar-refractivity contribution in [3.05, 3.63) is 47.7 Å². The van der Waals surface area contributed by atoms with Crippen LogP contribution in [0.2, 0.25) is 0 Å². The van der Waals surface area contributed by atoms with Crippen LogP contribution in [-0.2, 0) is 0 Å². The molecule has 4 rings (SSSR count). The summed E-state index contributed by atoms with van der Waals surface area (Å²) in [6.45, 7) is 8.75. The average molecular weight is 365 g/mol. The Morgan fingerprint density at radius 3 is 2.85 bits per heavy atom. The second-order valence-electron chi connectivity index (χ2n) is 6.99. The first-order chi connectivity index (χ1) is 13.0. The number of pyridine rings is 1. The Balaban J connectivity index is 1.49. The summed E-state index contributed by atoms with van der Waals surface area (Å²) >= 11 is 0. The summed E-state index contributed by atoms with van der Waals surface area (Å²) in [6, 6.07) is 4.13. The van der Waals surface area contributed by atoms with E-state index in [4.69, 9.17) is 0 Å².